The molecule has 2 N–H and O–H groups in total. The number of hydrogen-bond acceptors (Lipinski definition) is 5. The summed E-state index contributed by atoms with van der Waals surface area (Å²) in [7, 11) is -3.25. The van der Waals surface area contributed by atoms with Crippen molar-refractivity contribution in [1.82, 2.24) is 24.9 Å². The molecule has 0 fully saturated rings. The molecule has 5 aromatic rings. The van der Waals surface area contributed by atoms with Crippen LogP contribution in [0.1, 0.15) is 17.0 Å². The average molecular weight is 470 g/mol. The van der Waals surface area contributed by atoms with Crippen LogP contribution in [-0.4, -0.2) is 34.8 Å². The Bertz CT molecular complexity index is 1550. The molecular weight excluding hydrogens is 446 g/mol. The molecule has 0 aliphatic carbocycles. The maximum atomic E-state index is 11.4. The van der Waals surface area contributed by atoms with E-state index in [0.29, 0.717) is 17.9 Å². The minimum atomic E-state index is -3.25. The van der Waals surface area contributed by atoms with Gasteiger partial charge in [0, 0.05) is 41.2 Å². The third-order valence-corrected chi connectivity index (χ3v) is 6.24. The Morgan fingerprint density at radius 1 is 0.824 bits per heavy atom. The van der Waals surface area contributed by atoms with Crippen molar-refractivity contribution in [1.29, 1.82) is 0 Å². The molecule has 2 aromatic heterocycles. The zero-order valence-corrected chi connectivity index (χ0v) is 19.4. The van der Waals surface area contributed by atoms with Crippen LogP contribution in [0.5, 0.6) is 0 Å². The van der Waals surface area contributed by atoms with E-state index in [1.54, 1.807) is 0 Å². The van der Waals surface area contributed by atoms with Crippen LogP contribution in [0.15, 0.2) is 85.1 Å². The molecule has 34 heavy (non-hydrogen) atoms. The van der Waals surface area contributed by atoms with Gasteiger partial charge in [0.05, 0.1) is 6.26 Å². The van der Waals surface area contributed by atoms with Gasteiger partial charge in [0.25, 0.3) is 0 Å². The lowest BCUT2D eigenvalue weighted by Crippen LogP contribution is -2.21. The van der Waals surface area contributed by atoms with E-state index in [-0.39, 0.29) is 6.54 Å². The number of para-hydroxylation sites is 1. The number of hydrogen-bond donors (Lipinski definition) is 2. The second-order valence-electron chi connectivity index (χ2n) is 8.12. The molecule has 0 unspecified atom stereocenters. The van der Waals surface area contributed by atoms with Crippen LogP contribution < -0.4 is 4.72 Å². The van der Waals surface area contributed by atoms with Crippen LogP contribution in [0, 0.1) is 0 Å². The quantitative estimate of drug-likeness (QED) is 0.370. The standard InChI is InChI=1S/C26H23N5O2S/c1-34(32,33)28-16-18-11-13-20(14-12-18)26-25(19-7-3-2-4-8-19)29-24(30-31-26)15-21-17-27-23-10-6-5-9-22(21)23/h2-14,17,27-28H,15-16H2,1H3. The lowest BCUT2D eigenvalue weighted by Gasteiger charge is -2.10. The number of aromatic nitrogens is 4. The zero-order chi connectivity index (χ0) is 23.5. The summed E-state index contributed by atoms with van der Waals surface area (Å²) in [5, 5.41) is 10.2. The van der Waals surface area contributed by atoms with Gasteiger partial charge in [0.1, 0.15) is 11.4 Å². The van der Waals surface area contributed by atoms with E-state index in [0.717, 1.165) is 45.1 Å². The van der Waals surface area contributed by atoms with Crippen molar-refractivity contribution in [2.75, 3.05) is 6.26 Å². The topological polar surface area (TPSA) is 101 Å². The van der Waals surface area contributed by atoms with Crippen LogP contribution in [0.25, 0.3) is 33.4 Å². The fraction of sp³-hybridized carbons (Fsp3) is 0.115. The van der Waals surface area contributed by atoms with Gasteiger partial charge in [-0.15, -0.1) is 10.2 Å². The van der Waals surface area contributed by atoms with Gasteiger partial charge < -0.3 is 4.98 Å². The normalized spacial score (nSPS) is 11.7. The number of nitrogens with one attached hydrogen (secondary N) is 2. The highest BCUT2D eigenvalue weighted by molar-refractivity contribution is 7.88. The van der Waals surface area contributed by atoms with Crippen molar-refractivity contribution >= 4 is 20.9 Å². The molecule has 5 rings (SSSR count). The Hall–Kier alpha value is -3.88. The highest BCUT2D eigenvalue weighted by Gasteiger charge is 2.15. The molecule has 7 nitrogen and oxygen atoms in total. The summed E-state index contributed by atoms with van der Waals surface area (Å²) in [6.45, 7) is 0.234. The van der Waals surface area contributed by atoms with Crippen molar-refractivity contribution in [2.24, 2.45) is 0 Å². The molecule has 0 aliphatic heterocycles. The molecule has 0 saturated carbocycles. The van der Waals surface area contributed by atoms with E-state index in [1.807, 2.05) is 79.0 Å². The van der Waals surface area contributed by atoms with Crippen molar-refractivity contribution < 1.29 is 8.42 Å². The van der Waals surface area contributed by atoms with Crippen LogP contribution in [0.3, 0.4) is 0 Å². The second kappa shape index (κ2) is 9.17. The molecule has 0 spiro atoms. The Labute approximate surface area is 198 Å². The number of nitrogens with zero attached hydrogens (tertiary/aromatic N) is 3. The van der Waals surface area contributed by atoms with Crippen LogP contribution in [-0.2, 0) is 23.0 Å². The summed E-state index contributed by atoms with van der Waals surface area (Å²) in [5.41, 5.74) is 6.30. The molecule has 3 aromatic carbocycles. The van der Waals surface area contributed by atoms with Crippen molar-refractivity contribution in [3.63, 3.8) is 0 Å². The van der Waals surface area contributed by atoms with Gasteiger partial charge in [-0.05, 0) is 17.2 Å². The minimum Gasteiger partial charge on any atom is -0.361 e. The second-order valence-corrected chi connectivity index (χ2v) is 9.95. The maximum Gasteiger partial charge on any atom is 0.209 e. The Kier molecular flexibility index (Phi) is 5.91. The van der Waals surface area contributed by atoms with Gasteiger partial charge in [-0.3, -0.25) is 0 Å². The zero-order valence-electron chi connectivity index (χ0n) is 18.6. The predicted octanol–water partition coefficient (Wildman–Crippen LogP) is 4.33. The number of sulfonamides is 1. The van der Waals surface area contributed by atoms with E-state index in [9.17, 15) is 8.42 Å². The Morgan fingerprint density at radius 3 is 2.29 bits per heavy atom. The summed E-state index contributed by atoms with van der Waals surface area (Å²) in [6.07, 6.45) is 3.70. The first-order valence-corrected chi connectivity index (χ1v) is 12.7. The van der Waals surface area contributed by atoms with Gasteiger partial charge in [-0.25, -0.2) is 18.1 Å². The average Bonchev–Trinajstić information content (AvgIpc) is 3.26. The van der Waals surface area contributed by atoms with Gasteiger partial charge in [0.2, 0.25) is 10.0 Å². The molecular formula is C26H23N5O2S. The predicted molar refractivity (Wildman–Crippen MR) is 133 cm³/mol. The third-order valence-electron chi connectivity index (χ3n) is 5.57. The van der Waals surface area contributed by atoms with Crippen molar-refractivity contribution in [3.05, 3.63) is 102 Å². The third kappa shape index (κ3) is 4.88. The first kappa shape index (κ1) is 21.9. The monoisotopic (exact) mass is 469 g/mol. The largest absolute Gasteiger partial charge is 0.361 e. The Balaban J connectivity index is 1.50. The van der Waals surface area contributed by atoms with E-state index in [4.69, 9.17) is 4.98 Å². The molecule has 0 aliphatic rings. The lowest BCUT2D eigenvalue weighted by atomic mass is 10.0. The highest BCUT2D eigenvalue weighted by atomic mass is 32.2. The van der Waals surface area contributed by atoms with Gasteiger partial charge in [-0.1, -0.05) is 72.8 Å². The lowest BCUT2D eigenvalue weighted by molar-refractivity contribution is 0.587. The first-order valence-electron chi connectivity index (χ1n) is 10.8. The van der Waals surface area contributed by atoms with Crippen molar-refractivity contribution in [2.45, 2.75) is 13.0 Å². The SMILES string of the molecule is CS(=O)(=O)NCc1ccc(-c2nnc(Cc3c[nH]c4ccccc34)nc2-c2ccccc2)cc1. The van der Waals surface area contributed by atoms with Crippen LogP contribution in [0.4, 0.5) is 0 Å². The van der Waals surface area contributed by atoms with E-state index in [2.05, 4.69) is 26.0 Å². The fourth-order valence-corrected chi connectivity index (χ4v) is 4.30. The van der Waals surface area contributed by atoms with E-state index < -0.39 is 10.0 Å². The number of aromatic amines is 1. The molecule has 0 atom stereocenters. The molecule has 2 heterocycles. The highest BCUT2D eigenvalue weighted by Crippen LogP contribution is 2.29. The number of fused-ring (bicyclic) bond motifs is 1. The Morgan fingerprint density at radius 2 is 1.53 bits per heavy atom. The molecule has 0 amide bonds. The summed E-state index contributed by atoms with van der Waals surface area (Å²) < 4.78 is 25.3. The fourth-order valence-electron chi connectivity index (χ4n) is 3.87. The number of H-pyrrole nitrogens is 1. The van der Waals surface area contributed by atoms with Crippen molar-refractivity contribution in [3.8, 4) is 22.5 Å². The van der Waals surface area contributed by atoms with E-state index >= 15 is 0 Å². The van der Waals surface area contributed by atoms with Crippen LogP contribution in [0.2, 0.25) is 0 Å². The minimum absolute atomic E-state index is 0.234. The molecule has 170 valence electrons. The first-order chi connectivity index (χ1) is 16.5. The summed E-state index contributed by atoms with van der Waals surface area (Å²) in [4.78, 5) is 8.21. The molecule has 0 radical (unpaired) electrons. The molecule has 0 saturated heterocycles. The van der Waals surface area contributed by atoms with E-state index in [1.165, 1.54) is 0 Å². The number of benzene rings is 3. The summed E-state index contributed by atoms with van der Waals surface area (Å²) in [5.74, 6) is 0.640. The molecule has 8 heteroatoms. The molecule has 0 bridgehead atoms. The van der Waals surface area contributed by atoms with Crippen LogP contribution >= 0.6 is 0 Å². The number of rotatable bonds is 7. The van der Waals surface area contributed by atoms with Gasteiger partial charge in [-0.2, -0.15) is 0 Å². The van der Waals surface area contributed by atoms with Gasteiger partial charge in [0.15, 0.2) is 5.82 Å². The maximum absolute atomic E-state index is 11.4. The van der Waals surface area contributed by atoms with Gasteiger partial charge >= 0.3 is 0 Å². The smallest absolute Gasteiger partial charge is 0.209 e. The summed E-state index contributed by atoms with van der Waals surface area (Å²) >= 11 is 0. The summed E-state index contributed by atoms with van der Waals surface area (Å²) in [6, 6.07) is 25.7.